The Kier molecular flexibility index (Phi) is 5.08. The lowest BCUT2D eigenvalue weighted by molar-refractivity contribution is 0.0954. The van der Waals surface area contributed by atoms with Gasteiger partial charge in [0.1, 0.15) is 5.82 Å². The highest BCUT2D eigenvalue weighted by molar-refractivity contribution is 5.94. The zero-order valence-corrected chi connectivity index (χ0v) is 12.2. The van der Waals surface area contributed by atoms with E-state index in [2.05, 4.69) is 10.5 Å². The summed E-state index contributed by atoms with van der Waals surface area (Å²) in [4.78, 5) is 11.8. The van der Waals surface area contributed by atoms with Crippen molar-refractivity contribution < 1.29 is 18.7 Å². The maximum atomic E-state index is 13.0. The molecule has 1 amide bonds. The molecular weight excluding hydrogens is 287 g/mol. The molecule has 0 unspecified atom stereocenters. The van der Waals surface area contributed by atoms with E-state index in [9.17, 15) is 9.18 Å². The molecule has 0 saturated carbocycles. The second-order valence-electron chi connectivity index (χ2n) is 4.32. The summed E-state index contributed by atoms with van der Waals surface area (Å²) in [5, 5.41) is 3.84. The summed E-state index contributed by atoms with van der Waals surface area (Å²) in [5.74, 6) is 0.194. The van der Waals surface area contributed by atoms with Gasteiger partial charge in [0.15, 0.2) is 11.5 Å². The van der Waals surface area contributed by atoms with E-state index >= 15 is 0 Å². The second-order valence-corrected chi connectivity index (χ2v) is 4.32. The van der Waals surface area contributed by atoms with Gasteiger partial charge in [0.05, 0.1) is 20.4 Å². The third-order valence-corrected chi connectivity index (χ3v) is 2.87. The Morgan fingerprint density at radius 2 is 1.91 bits per heavy atom. The summed E-state index contributed by atoms with van der Waals surface area (Å²) >= 11 is 0. The number of methoxy groups -OCH3 is 2. The number of carbonyl (C=O) groups excluding carboxylic acids is 1. The molecule has 0 saturated heterocycles. The number of carbonyl (C=O) groups is 1. The molecule has 0 radical (unpaired) electrons. The first-order valence-corrected chi connectivity index (χ1v) is 6.45. The zero-order valence-electron chi connectivity index (χ0n) is 12.2. The van der Waals surface area contributed by atoms with Crippen molar-refractivity contribution in [3.05, 3.63) is 59.4 Å². The van der Waals surface area contributed by atoms with E-state index in [0.29, 0.717) is 11.5 Å². The minimum Gasteiger partial charge on any atom is -0.493 e. The van der Waals surface area contributed by atoms with Crippen LogP contribution in [0.4, 0.5) is 4.39 Å². The molecule has 0 fully saturated rings. The number of amides is 1. The molecule has 0 atom stereocenters. The molecule has 2 aromatic carbocycles. The Labute approximate surface area is 127 Å². The van der Waals surface area contributed by atoms with Crippen LogP contribution in [-0.4, -0.2) is 26.3 Å². The topological polar surface area (TPSA) is 59.9 Å². The van der Waals surface area contributed by atoms with Crippen molar-refractivity contribution in [2.45, 2.75) is 0 Å². The van der Waals surface area contributed by atoms with Gasteiger partial charge in [-0.05, 0) is 42.0 Å². The third kappa shape index (κ3) is 3.82. The van der Waals surface area contributed by atoms with E-state index in [1.165, 1.54) is 31.5 Å². The van der Waals surface area contributed by atoms with Gasteiger partial charge in [0.25, 0.3) is 5.91 Å². The van der Waals surface area contributed by atoms with Crippen molar-refractivity contribution in [1.82, 2.24) is 5.43 Å². The fraction of sp³-hybridized carbons (Fsp3) is 0.125. The minimum atomic E-state index is -0.490. The summed E-state index contributed by atoms with van der Waals surface area (Å²) in [6.07, 6.45) is 1.46. The summed E-state index contributed by atoms with van der Waals surface area (Å²) in [6, 6.07) is 10.6. The molecule has 0 aliphatic heterocycles. The van der Waals surface area contributed by atoms with Gasteiger partial charge in [-0.3, -0.25) is 4.79 Å². The number of halogens is 1. The molecule has 6 heteroatoms. The lowest BCUT2D eigenvalue weighted by Gasteiger charge is -2.07. The highest BCUT2D eigenvalue weighted by atomic mass is 19.1. The molecular formula is C16H15FN2O3. The van der Waals surface area contributed by atoms with Gasteiger partial charge in [-0.25, -0.2) is 9.82 Å². The van der Waals surface area contributed by atoms with Crippen molar-refractivity contribution in [3.8, 4) is 11.5 Å². The minimum absolute atomic E-state index is 0.199. The molecule has 22 heavy (non-hydrogen) atoms. The second kappa shape index (κ2) is 7.21. The van der Waals surface area contributed by atoms with Crippen molar-refractivity contribution in [2.24, 2.45) is 5.10 Å². The molecule has 114 valence electrons. The monoisotopic (exact) mass is 302 g/mol. The summed E-state index contributed by atoms with van der Waals surface area (Å²) in [7, 11) is 3.08. The number of nitrogens with one attached hydrogen (secondary N) is 1. The molecule has 1 N–H and O–H groups in total. The molecule has 5 nitrogen and oxygen atoms in total. The number of rotatable bonds is 5. The Bertz CT molecular complexity index is 702. The number of nitrogens with zero attached hydrogens (tertiary/aromatic N) is 1. The molecule has 0 aliphatic carbocycles. The van der Waals surface area contributed by atoms with E-state index < -0.39 is 11.7 Å². The van der Waals surface area contributed by atoms with Crippen LogP contribution in [0.3, 0.4) is 0 Å². The first-order valence-electron chi connectivity index (χ1n) is 6.45. The van der Waals surface area contributed by atoms with E-state index in [4.69, 9.17) is 9.47 Å². The van der Waals surface area contributed by atoms with E-state index in [-0.39, 0.29) is 5.56 Å². The average molecular weight is 302 g/mol. The highest BCUT2D eigenvalue weighted by Crippen LogP contribution is 2.26. The quantitative estimate of drug-likeness (QED) is 0.682. The van der Waals surface area contributed by atoms with Crippen LogP contribution in [-0.2, 0) is 0 Å². The standard InChI is InChI=1S/C16H15FN2O3/c1-21-14-7-6-11(8-15(14)22-2)10-18-19-16(20)12-4-3-5-13(17)9-12/h3-10H,1-2H3,(H,19,20)/b18-10+. The predicted octanol–water partition coefficient (Wildman–Crippen LogP) is 2.61. The lowest BCUT2D eigenvalue weighted by atomic mass is 10.2. The van der Waals surface area contributed by atoms with Gasteiger partial charge >= 0.3 is 0 Å². The smallest absolute Gasteiger partial charge is 0.271 e. The van der Waals surface area contributed by atoms with E-state index in [0.717, 1.165) is 11.6 Å². The van der Waals surface area contributed by atoms with Crippen LogP contribution >= 0.6 is 0 Å². The van der Waals surface area contributed by atoms with Gasteiger partial charge < -0.3 is 9.47 Å². The van der Waals surface area contributed by atoms with Crippen LogP contribution in [0.2, 0.25) is 0 Å². The van der Waals surface area contributed by atoms with Crippen LogP contribution in [0.25, 0.3) is 0 Å². The van der Waals surface area contributed by atoms with Crippen molar-refractivity contribution in [3.63, 3.8) is 0 Å². The molecule has 0 spiro atoms. The molecule has 0 aliphatic rings. The van der Waals surface area contributed by atoms with Gasteiger partial charge in [-0.15, -0.1) is 0 Å². The Balaban J connectivity index is 2.05. The highest BCUT2D eigenvalue weighted by Gasteiger charge is 2.05. The number of benzene rings is 2. The summed E-state index contributed by atoms with van der Waals surface area (Å²) in [5.41, 5.74) is 3.25. The molecule has 2 rings (SSSR count). The van der Waals surface area contributed by atoms with Gasteiger partial charge in [0.2, 0.25) is 0 Å². The van der Waals surface area contributed by atoms with Gasteiger partial charge in [0, 0.05) is 5.56 Å². The van der Waals surface area contributed by atoms with E-state index in [1.54, 1.807) is 25.3 Å². The maximum absolute atomic E-state index is 13.0. The lowest BCUT2D eigenvalue weighted by Crippen LogP contribution is -2.17. The fourth-order valence-corrected chi connectivity index (χ4v) is 1.79. The number of hydrogen-bond donors (Lipinski definition) is 1. The van der Waals surface area contributed by atoms with Gasteiger partial charge in [-0.2, -0.15) is 5.10 Å². The fourth-order valence-electron chi connectivity index (χ4n) is 1.79. The summed E-state index contributed by atoms with van der Waals surface area (Å²) in [6.45, 7) is 0. The Morgan fingerprint density at radius 1 is 1.14 bits per heavy atom. The number of hydrazone groups is 1. The normalized spacial score (nSPS) is 10.5. The SMILES string of the molecule is COc1ccc(/C=N/NC(=O)c2cccc(F)c2)cc1OC. The Hall–Kier alpha value is -2.89. The van der Waals surface area contributed by atoms with Crippen LogP contribution in [0.5, 0.6) is 11.5 Å². The number of ether oxygens (including phenoxy) is 2. The van der Waals surface area contributed by atoms with Crippen molar-refractivity contribution >= 4 is 12.1 Å². The average Bonchev–Trinajstić information content (AvgIpc) is 2.54. The first-order chi connectivity index (χ1) is 10.6. The van der Waals surface area contributed by atoms with Crippen LogP contribution < -0.4 is 14.9 Å². The van der Waals surface area contributed by atoms with Crippen LogP contribution in [0.1, 0.15) is 15.9 Å². The molecule has 0 heterocycles. The largest absolute Gasteiger partial charge is 0.493 e. The number of hydrogen-bond acceptors (Lipinski definition) is 4. The van der Waals surface area contributed by atoms with E-state index in [1.807, 2.05) is 0 Å². The van der Waals surface area contributed by atoms with Crippen molar-refractivity contribution in [1.29, 1.82) is 0 Å². The van der Waals surface area contributed by atoms with Gasteiger partial charge in [-0.1, -0.05) is 6.07 Å². The first kappa shape index (κ1) is 15.5. The van der Waals surface area contributed by atoms with Crippen molar-refractivity contribution in [2.75, 3.05) is 14.2 Å². The summed E-state index contributed by atoms with van der Waals surface area (Å²) < 4.78 is 23.3. The maximum Gasteiger partial charge on any atom is 0.271 e. The molecule has 2 aromatic rings. The van der Waals surface area contributed by atoms with Crippen LogP contribution in [0, 0.1) is 5.82 Å². The Morgan fingerprint density at radius 3 is 2.59 bits per heavy atom. The predicted molar refractivity (Wildman–Crippen MR) is 81.0 cm³/mol. The molecule has 0 bridgehead atoms. The van der Waals surface area contributed by atoms with Crippen LogP contribution in [0.15, 0.2) is 47.6 Å². The third-order valence-electron chi connectivity index (χ3n) is 2.87. The molecule has 0 aromatic heterocycles. The zero-order chi connectivity index (χ0) is 15.9.